The predicted molar refractivity (Wildman–Crippen MR) is 77.7 cm³/mol. The van der Waals surface area contributed by atoms with Gasteiger partial charge in [0.15, 0.2) is 0 Å². The monoisotopic (exact) mass is 347 g/mol. The molecule has 1 atom stereocenters. The molecule has 1 fully saturated rings. The van der Waals surface area contributed by atoms with Gasteiger partial charge in [0.25, 0.3) is 0 Å². The van der Waals surface area contributed by atoms with Gasteiger partial charge in [-0.25, -0.2) is 8.42 Å². The van der Waals surface area contributed by atoms with E-state index >= 15 is 0 Å². The molecule has 0 saturated carbocycles. The highest BCUT2D eigenvalue weighted by Gasteiger charge is 2.29. The van der Waals surface area contributed by atoms with E-state index in [1.165, 1.54) is 4.31 Å². The summed E-state index contributed by atoms with van der Waals surface area (Å²) in [4.78, 5) is 0.371. The number of ether oxygens (including phenoxy) is 1. The van der Waals surface area contributed by atoms with Crippen LogP contribution in [0.4, 0.5) is 0 Å². The van der Waals surface area contributed by atoms with Crippen molar-refractivity contribution in [1.82, 2.24) is 4.31 Å². The first-order valence-electron chi connectivity index (χ1n) is 6.29. The van der Waals surface area contributed by atoms with Crippen LogP contribution in [0.15, 0.2) is 27.6 Å². The molecule has 1 aliphatic heterocycles. The van der Waals surface area contributed by atoms with Crippen molar-refractivity contribution in [3.8, 4) is 0 Å². The molecule has 1 aromatic rings. The van der Waals surface area contributed by atoms with Crippen molar-refractivity contribution in [1.29, 1.82) is 0 Å². The first-order chi connectivity index (χ1) is 8.91. The average Bonchev–Trinajstić information content (AvgIpc) is 2.57. The van der Waals surface area contributed by atoms with Crippen LogP contribution < -0.4 is 0 Å². The topological polar surface area (TPSA) is 46.6 Å². The number of hydrogen-bond acceptors (Lipinski definition) is 3. The Hall–Kier alpha value is -0.430. The zero-order chi connectivity index (χ0) is 14.0. The SMILES string of the molecule is Cc1ccc(Br)cc1S(=O)(=O)N1CCCOC(C)C1. The molecule has 106 valence electrons. The smallest absolute Gasteiger partial charge is 0.243 e. The van der Waals surface area contributed by atoms with Gasteiger partial charge in [-0.15, -0.1) is 0 Å². The summed E-state index contributed by atoms with van der Waals surface area (Å²) in [6, 6.07) is 5.33. The largest absolute Gasteiger partial charge is 0.377 e. The second kappa shape index (κ2) is 5.91. The maximum Gasteiger partial charge on any atom is 0.243 e. The second-order valence-electron chi connectivity index (χ2n) is 4.81. The molecule has 19 heavy (non-hydrogen) atoms. The van der Waals surface area contributed by atoms with Gasteiger partial charge in [-0.05, 0) is 38.0 Å². The summed E-state index contributed by atoms with van der Waals surface area (Å²) in [5.41, 5.74) is 0.765. The lowest BCUT2D eigenvalue weighted by molar-refractivity contribution is 0.0752. The minimum atomic E-state index is -3.45. The molecule has 0 N–H and O–H groups in total. The standard InChI is InChI=1S/C13H18BrNO3S/c1-10-4-5-12(14)8-13(10)19(16,17)15-6-3-7-18-11(2)9-15/h4-5,8,11H,3,6-7,9H2,1-2H3. The molecule has 0 amide bonds. The van der Waals surface area contributed by atoms with E-state index < -0.39 is 10.0 Å². The first-order valence-corrected chi connectivity index (χ1v) is 8.52. The molecular formula is C13H18BrNO3S. The number of benzene rings is 1. The molecule has 0 spiro atoms. The van der Waals surface area contributed by atoms with Gasteiger partial charge in [0, 0.05) is 24.2 Å². The Balaban J connectivity index is 2.38. The van der Waals surface area contributed by atoms with Crippen molar-refractivity contribution >= 4 is 26.0 Å². The van der Waals surface area contributed by atoms with E-state index in [4.69, 9.17) is 4.74 Å². The zero-order valence-corrected chi connectivity index (χ0v) is 13.5. The third kappa shape index (κ3) is 3.37. The van der Waals surface area contributed by atoms with E-state index in [0.717, 1.165) is 16.5 Å². The van der Waals surface area contributed by atoms with Gasteiger partial charge in [0.2, 0.25) is 10.0 Å². The average molecular weight is 348 g/mol. The lowest BCUT2D eigenvalue weighted by atomic mass is 10.2. The van der Waals surface area contributed by atoms with Crippen LogP contribution in [0.25, 0.3) is 0 Å². The molecule has 1 aliphatic rings. The summed E-state index contributed by atoms with van der Waals surface area (Å²) in [6.45, 7) is 5.26. The van der Waals surface area contributed by atoms with Gasteiger partial charge in [-0.2, -0.15) is 4.31 Å². The van der Waals surface area contributed by atoms with Crippen molar-refractivity contribution < 1.29 is 13.2 Å². The van der Waals surface area contributed by atoms with Crippen molar-refractivity contribution in [2.75, 3.05) is 19.7 Å². The third-order valence-electron chi connectivity index (χ3n) is 3.18. The Morgan fingerprint density at radius 3 is 2.89 bits per heavy atom. The Labute approximate surface area is 122 Å². The molecule has 0 bridgehead atoms. The number of halogens is 1. The fraction of sp³-hybridized carbons (Fsp3) is 0.538. The number of rotatable bonds is 2. The van der Waals surface area contributed by atoms with Crippen LogP contribution in [0.5, 0.6) is 0 Å². The van der Waals surface area contributed by atoms with Crippen LogP contribution in [0, 0.1) is 6.92 Å². The molecule has 4 nitrogen and oxygen atoms in total. The molecule has 0 radical (unpaired) electrons. The Morgan fingerprint density at radius 2 is 2.16 bits per heavy atom. The van der Waals surface area contributed by atoms with E-state index in [2.05, 4.69) is 15.9 Å². The van der Waals surface area contributed by atoms with E-state index in [9.17, 15) is 8.42 Å². The lowest BCUT2D eigenvalue weighted by Gasteiger charge is -2.22. The molecular weight excluding hydrogens is 330 g/mol. The molecule has 6 heteroatoms. The van der Waals surface area contributed by atoms with Crippen LogP contribution in [0.3, 0.4) is 0 Å². The molecule has 0 aromatic heterocycles. The molecule has 1 heterocycles. The maximum absolute atomic E-state index is 12.7. The Kier molecular flexibility index (Phi) is 4.66. The predicted octanol–water partition coefficient (Wildman–Crippen LogP) is 2.56. The summed E-state index contributed by atoms with van der Waals surface area (Å²) in [5.74, 6) is 0. The summed E-state index contributed by atoms with van der Waals surface area (Å²) < 4.78 is 33.2. The Bertz CT molecular complexity index is 559. The number of aryl methyl sites for hydroxylation is 1. The quantitative estimate of drug-likeness (QED) is 0.825. The maximum atomic E-state index is 12.7. The van der Waals surface area contributed by atoms with E-state index in [1.54, 1.807) is 6.07 Å². The van der Waals surface area contributed by atoms with E-state index in [1.807, 2.05) is 26.0 Å². The molecule has 2 rings (SSSR count). The normalized spacial score (nSPS) is 22.2. The number of nitrogens with zero attached hydrogens (tertiary/aromatic N) is 1. The molecule has 1 saturated heterocycles. The van der Waals surface area contributed by atoms with Crippen LogP contribution >= 0.6 is 15.9 Å². The van der Waals surface area contributed by atoms with Crippen LogP contribution in [0.1, 0.15) is 18.9 Å². The summed E-state index contributed by atoms with van der Waals surface area (Å²) in [6.07, 6.45) is 0.668. The molecule has 1 unspecified atom stereocenters. The van der Waals surface area contributed by atoms with Gasteiger partial charge in [0.05, 0.1) is 11.0 Å². The van der Waals surface area contributed by atoms with Crippen LogP contribution in [-0.4, -0.2) is 38.5 Å². The number of hydrogen-bond donors (Lipinski definition) is 0. The van der Waals surface area contributed by atoms with E-state index in [-0.39, 0.29) is 6.10 Å². The third-order valence-corrected chi connectivity index (χ3v) is 5.68. The van der Waals surface area contributed by atoms with Crippen LogP contribution in [0.2, 0.25) is 0 Å². The summed E-state index contributed by atoms with van der Waals surface area (Å²) in [5, 5.41) is 0. The first kappa shape index (κ1) is 15.0. The van der Waals surface area contributed by atoms with Gasteiger partial charge in [-0.3, -0.25) is 0 Å². The summed E-state index contributed by atoms with van der Waals surface area (Å²) in [7, 11) is -3.45. The fourth-order valence-electron chi connectivity index (χ4n) is 2.17. The Morgan fingerprint density at radius 1 is 1.42 bits per heavy atom. The minimum absolute atomic E-state index is 0.0651. The number of sulfonamides is 1. The highest BCUT2D eigenvalue weighted by molar-refractivity contribution is 9.10. The highest BCUT2D eigenvalue weighted by atomic mass is 79.9. The molecule has 0 aliphatic carbocycles. The van der Waals surface area contributed by atoms with Crippen molar-refractivity contribution in [2.45, 2.75) is 31.3 Å². The highest BCUT2D eigenvalue weighted by Crippen LogP contribution is 2.25. The second-order valence-corrected chi connectivity index (χ2v) is 7.63. The van der Waals surface area contributed by atoms with Gasteiger partial charge in [0.1, 0.15) is 0 Å². The van der Waals surface area contributed by atoms with Gasteiger partial charge < -0.3 is 4.74 Å². The fourth-order valence-corrected chi connectivity index (χ4v) is 4.48. The van der Waals surface area contributed by atoms with Gasteiger partial charge in [-0.1, -0.05) is 22.0 Å². The molecule has 1 aromatic carbocycles. The van der Waals surface area contributed by atoms with Crippen molar-refractivity contribution in [3.05, 3.63) is 28.2 Å². The minimum Gasteiger partial charge on any atom is -0.377 e. The van der Waals surface area contributed by atoms with Crippen molar-refractivity contribution in [3.63, 3.8) is 0 Å². The van der Waals surface area contributed by atoms with Crippen molar-refractivity contribution in [2.24, 2.45) is 0 Å². The zero-order valence-electron chi connectivity index (χ0n) is 11.1. The summed E-state index contributed by atoms with van der Waals surface area (Å²) >= 11 is 3.33. The van der Waals surface area contributed by atoms with Gasteiger partial charge >= 0.3 is 0 Å². The van der Waals surface area contributed by atoms with E-state index in [0.29, 0.717) is 24.6 Å². The van der Waals surface area contributed by atoms with Crippen LogP contribution in [-0.2, 0) is 14.8 Å². The lowest BCUT2D eigenvalue weighted by Crippen LogP contribution is -2.36.